The lowest BCUT2D eigenvalue weighted by Crippen LogP contribution is -2.42. The Hall–Kier alpha value is -4.13. The Bertz CT molecular complexity index is 1190. The van der Waals surface area contributed by atoms with Crippen LogP contribution in [0.2, 0.25) is 0 Å². The molecule has 33 heavy (non-hydrogen) atoms. The van der Waals surface area contributed by atoms with Crippen molar-refractivity contribution in [1.29, 1.82) is 0 Å². The Morgan fingerprint density at radius 1 is 0.970 bits per heavy atom. The molecular weight excluding hydrogens is 418 g/mol. The second-order valence-corrected chi connectivity index (χ2v) is 7.80. The minimum atomic E-state index is -0.781. The van der Waals surface area contributed by atoms with Crippen molar-refractivity contribution in [3.8, 4) is 11.5 Å². The van der Waals surface area contributed by atoms with Crippen LogP contribution in [0.5, 0.6) is 11.5 Å². The van der Waals surface area contributed by atoms with Gasteiger partial charge in [-0.25, -0.2) is 0 Å². The summed E-state index contributed by atoms with van der Waals surface area (Å²) in [5, 5.41) is 2.91. The third-order valence-electron chi connectivity index (χ3n) is 5.57. The number of benzene rings is 3. The number of methoxy groups -OCH3 is 2. The van der Waals surface area contributed by atoms with E-state index in [1.54, 1.807) is 49.2 Å². The Labute approximate surface area is 192 Å². The Morgan fingerprint density at radius 3 is 2.33 bits per heavy atom. The average Bonchev–Trinajstić information content (AvgIpc) is 3.14. The molecule has 0 bridgehead atoms. The molecule has 0 unspecified atom stereocenters. The van der Waals surface area contributed by atoms with Gasteiger partial charge in [-0.05, 0) is 37.3 Å². The molecule has 7 heteroatoms. The number of carbonyl (C=O) groups is 2. The van der Waals surface area contributed by atoms with Crippen LogP contribution in [0.25, 0.3) is 0 Å². The molecule has 0 aromatic heterocycles. The summed E-state index contributed by atoms with van der Waals surface area (Å²) in [6, 6.07) is 21.1. The highest BCUT2D eigenvalue weighted by Crippen LogP contribution is 2.29. The van der Waals surface area contributed by atoms with Crippen molar-refractivity contribution in [1.82, 2.24) is 10.7 Å². The van der Waals surface area contributed by atoms with E-state index in [-0.39, 0.29) is 11.8 Å². The van der Waals surface area contributed by atoms with Crippen LogP contribution in [0.1, 0.15) is 33.1 Å². The van der Waals surface area contributed by atoms with E-state index >= 15 is 0 Å². The van der Waals surface area contributed by atoms with Crippen molar-refractivity contribution in [2.45, 2.75) is 19.0 Å². The topological polar surface area (TPSA) is 79.7 Å². The highest BCUT2D eigenvalue weighted by atomic mass is 16.5. The van der Waals surface area contributed by atoms with Gasteiger partial charge in [-0.15, -0.1) is 10.1 Å². The molecule has 1 saturated heterocycles. The van der Waals surface area contributed by atoms with Gasteiger partial charge in [0.05, 0.1) is 14.2 Å². The summed E-state index contributed by atoms with van der Waals surface area (Å²) in [6.45, 7) is 2.00. The van der Waals surface area contributed by atoms with Crippen LogP contribution >= 0.6 is 0 Å². The van der Waals surface area contributed by atoms with Gasteiger partial charge in [0.15, 0.2) is 17.5 Å². The second kappa shape index (κ2) is 9.56. The minimum Gasteiger partial charge on any atom is -0.493 e. The summed E-state index contributed by atoms with van der Waals surface area (Å²) in [6.07, 6.45) is 1.82. The third kappa shape index (κ3) is 4.72. The maximum atomic E-state index is 13.0. The molecule has 0 aliphatic carbocycles. The zero-order valence-electron chi connectivity index (χ0n) is 18.7. The summed E-state index contributed by atoms with van der Waals surface area (Å²) in [7, 11) is 3.15. The average molecular weight is 445 g/mol. The number of hydrazone groups is 1. The van der Waals surface area contributed by atoms with Crippen LogP contribution in [0, 0.1) is 6.92 Å². The quantitative estimate of drug-likeness (QED) is 0.573. The smallest absolute Gasteiger partial charge is 0.304 e. The van der Waals surface area contributed by atoms with Gasteiger partial charge in [0, 0.05) is 16.7 Å². The molecule has 1 heterocycles. The predicted molar refractivity (Wildman–Crippen MR) is 125 cm³/mol. The third-order valence-corrected chi connectivity index (χ3v) is 5.57. The molecule has 1 aliphatic rings. The first-order chi connectivity index (χ1) is 16.0. The van der Waals surface area contributed by atoms with Gasteiger partial charge < -0.3 is 14.8 Å². The van der Waals surface area contributed by atoms with Gasteiger partial charge in [0.1, 0.15) is 0 Å². The van der Waals surface area contributed by atoms with Crippen molar-refractivity contribution in [2.24, 2.45) is 0 Å². The number of hydrogen-bond acceptors (Lipinski definition) is 4. The lowest BCUT2D eigenvalue weighted by Gasteiger charge is -2.15. The van der Waals surface area contributed by atoms with Gasteiger partial charge in [-0.3, -0.25) is 9.59 Å². The first-order valence-electron chi connectivity index (χ1n) is 10.6. The summed E-state index contributed by atoms with van der Waals surface area (Å²) >= 11 is 0. The number of nitrogens with one attached hydrogen (secondary N) is 2. The molecule has 0 saturated carbocycles. The molecule has 2 atom stereocenters. The van der Waals surface area contributed by atoms with Crippen LogP contribution in [0.4, 0.5) is 0 Å². The molecule has 168 valence electrons. The van der Waals surface area contributed by atoms with E-state index in [9.17, 15) is 9.59 Å². The number of hydrogen-bond donors (Lipinski definition) is 2. The molecule has 2 amide bonds. The summed E-state index contributed by atoms with van der Waals surface area (Å²) in [5.41, 5.74) is 6.20. The normalized spacial score (nSPS) is 18.6. The van der Waals surface area contributed by atoms with Crippen molar-refractivity contribution >= 4 is 18.0 Å². The molecule has 4 rings (SSSR count). The van der Waals surface area contributed by atoms with Crippen LogP contribution < -0.4 is 20.2 Å². The fourth-order valence-electron chi connectivity index (χ4n) is 3.85. The Morgan fingerprint density at radius 2 is 1.67 bits per heavy atom. The number of amides is 2. The first kappa shape index (κ1) is 22.1. The van der Waals surface area contributed by atoms with Gasteiger partial charge in [-0.1, -0.05) is 48.0 Å². The first-order valence-corrected chi connectivity index (χ1v) is 10.6. The lowest BCUT2D eigenvalue weighted by molar-refractivity contribution is -0.596. The van der Waals surface area contributed by atoms with E-state index in [0.717, 1.165) is 16.7 Å². The number of nitrogens with zero attached hydrogens (tertiary/aromatic N) is 1. The summed E-state index contributed by atoms with van der Waals surface area (Å²) in [5.74, 6) is 0.600. The largest absolute Gasteiger partial charge is 0.493 e. The lowest BCUT2D eigenvalue weighted by atomic mass is 9.98. The standard InChI is InChI=1S/C26H25N3O4/c1-17-9-12-19(13-10-17)24-23(27-25(30)20-7-5-4-6-8-20)26(31)28-29(24)16-18-11-14-21(32-2)22(15-18)33-3/h4-16,23-24H,1-3H3,(H-,27,28,30,31)/p+1/b29-16-/t23-,24+/m1/s1. The highest BCUT2D eigenvalue weighted by molar-refractivity contribution is 5.98. The monoisotopic (exact) mass is 444 g/mol. The highest BCUT2D eigenvalue weighted by Gasteiger charge is 2.47. The zero-order chi connectivity index (χ0) is 23.4. The maximum absolute atomic E-state index is 13.0. The molecule has 0 radical (unpaired) electrons. The maximum Gasteiger partial charge on any atom is 0.304 e. The number of rotatable bonds is 6. The van der Waals surface area contributed by atoms with Crippen LogP contribution in [0.3, 0.4) is 0 Å². The molecule has 3 aromatic rings. The summed E-state index contributed by atoms with van der Waals surface area (Å²) in [4.78, 5) is 25.8. The summed E-state index contributed by atoms with van der Waals surface area (Å²) < 4.78 is 12.4. The van der Waals surface area contributed by atoms with Crippen molar-refractivity contribution in [2.75, 3.05) is 14.2 Å². The van der Waals surface area contributed by atoms with E-state index in [1.807, 2.05) is 55.6 Å². The molecule has 3 aromatic carbocycles. The van der Waals surface area contributed by atoms with Crippen LogP contribution in [-0.2, 0) is 4.79 Å². The minimum absolute atomic E-state index is 0.290. The van der Waals surface area contributed by atoms with Gasteiger partial charge >= 0.3 is 5.91 Å². The van der Waals surface area contributed by atoms with Crippen molar-refractivity contribution in [3.05, 3.63) is 95.1 Å². The zero-order valence-corrected chi connectivity index (χ0v) is 18.7. The molecular formula is C26H26N3O4+. The SMILES string of the molecule is COc1ccc(/C=[N+]2\NC(=O)[C@H](NC(=O)c3ccccc3)[C@@H]2c2ccc(C)cc2)cc1OC. The fraction of sp³-hybridized carbons (Fsp3) is 0.192. The van der Waals surface area contributed by atoms with E-state index < -0.39 is 12.1 Å². The van der Waals surface area contributed by atoms with Gasteiger partial charge in [-0.2, -0.15) is 0 Å². The van der Waals surface area contributed by atoms with E-state index in [2.05, 4.69) is 10.7 Å². The number of aryl methyl sites for hydroxylation is 1. The van der Waals surface area contributed by atoms with Crippen LogP contribution in [0.15, 0.2) is 72.8 Å². The molecule has 1 aliphatic heterocycles. The van der Waals surface area contributed by atoms with Gasteiger partial charge in [0.25, 0.3) is 5.91 Å². The van der Waals surface area contributed by atoms with Crippen molar-refractivity contribution in [3.63, 3.8) is 0 Å². The molecule has 2 N–H and O–H groups in total. The Kier molecular flexibility index (Phi) is 6.40. The van der Waals surface area contributed by atoms with E-state index in [4.69, 9.17) is 9.47 Å². The number of ether oxygens (including phenoxy) is 2. The fourth-order valence-corrected chi connectivity index (χ4v) is 3.85. The predicted octanol–water partition coefficient (Wildman–Crippen LogP) is 3.03. The van der Waals surface area contributed by atoms with Gasteiger partial charge in [0.2, 0.25) is 12.3 Å². The number of carbonyl (C=O) groups excluding carboxylic acids is 2. The van der Waals surface area contributed by atoms with E-state index in [1.165, 1.54) is 0 Å². The second-order valence-electron chi connectivity index (χ2n) is 7.80. The van der Waals surface area contributed by atoms with Crippen molar-refractivity contribution < 1.29 is 23.7 Å². The molecule has 0 spiro atoms. The number of hydrazine groups is 1. The molecule has 1 fully saturated rings. The molecule has 7 nitrogen and oxygen atoms in total. The Balaban J connectivity index is 1.72. The van der Waals surface area contributed by atoms with E-state index in [0.29, 0.717) is 17.1 Å². The van der Waals surface area contributed by atoms with Crippen LogP contribution in [-0.4, -0.2) is 43.0 Å².